The first kappa shape index (κ1) is 20.4. The Morgan fingerprint density at radius 2 is 1.97 bits per heavy atom. The van der Waals surface area contributed by atoms with Gasteiger partial charge in [-0.05, 0) is 60.5 Å². The molecule has 2 aromatic heterocycles. The van der Waals surface area contributed by atoms with E-state index in [1.807, 2.05) is 43.3 Å². The molecule has 4 rings (SSSR count). The summed E-state index contributed by atoms with van der Waals surface area (Å²) >= 11 is 1.45. The van der Waals surface area contributed by atoms with Crippen LogP contribution in [0.15, 0.2) is 72.9 Å². The number of fused-ring (bicyclic) bond motifs is 1. The number of benzene rings is 2. The highest BCUT2D eigenvalue weighted by molar-refractivity contribution is 7.22. The first-order valence-corrected chi connectivity index (χ1v) is 10.3. The molecule has 8 heteroatoms. The second-order valence-corrected chi connectivity index (χ2v) is 7.90. The van der Waals surface area contributed by atoms with E-state index in [1.165, 1.54) is 29.5 Å². The van der Waals surface area contributed by atoms with Crippen LogP contribution in [0.3, 0.4) is 0 Å². The monoisotopic (exact) mass is 430 g/mol. The van der Waals surface area contributed by atoms with Gasteiger partial charge >= 0.3 is 0 Å². The Kier molecular flexibility index (Phi) is 5.81. The van der Waals surface area contributed by atoms with Crippen LogP contribution in [0, 0.1) is 17.0 Å². The fourth-order valence-electron chi connectivity index (χ4n) is 2.99. The van der Waals surface area contributed by atoms with Gasteiger partial charge in [0.2, 0.25) is 0 Å². The third kappa shape index (κ3) is 4.81. The van der Waals surface area contributed by atoms with E-state index < -0.39 is 4.92 Å². The molecule has 0 bridgehead atoms. The molecule has 154 valence electrons. The number of aryl methyl sites for hydroxylation is 1. The topological polar surface area (TPSA) is 89.2 Å². The molecule has 0 spiro atoms. The fourth-order valence-corrected chi connectivity index (χ4v) is 4.06. The average Bonchev–Trinajstić information content (AvgIpc) is 3.19. The first-order chi connectivity index (χ1) is 15.0. The van der Waals surface area contributed by atoms with Gasteiger partial charge < -0.3 is 0 Å². The van der Waals surface area contributed by atoms with Crippen LogP contribution >= 0.6 is 11.3 Å². The second-order valence-electron chi connectivity index (χ2n) is 6.90. The number of nitro groups is 1. The zero-order chi connectivity index (χ0) is 21.8. The van der Waals surface area contributed by atoms with Gasteiger partial charge in [-0.25, -0.2) is 4.98 Å². The maximum absolute atomic E-state index is 13.1. The minimum absolute atomic E-state index is 0.00465. The quantitative estimate of drug-likeness (QED) is 0.240. The molecule has 2 aromatic carbocycles. The van der Waals surface area contributed by atoms with Crippen LogP contribution in [0.25, 0.3) is 16.3 Å². The van der Waals surface area contributed by atoms with Gasteiger partial charge in [-0.2, -0.15) is 0 Å². The van der Waals surface area contributed by atoms with Gasteiger partial charge in [0, 0.05) is 24.4 Å². The van der Waals surface area contributed by atoms with Crippen molar-refractivity contribution >= 4 is 44.4 Å². The number of carbonyl (C=O) groups is 1. The number of aromatic nitrogens is 2. The van der Waals surface area contributed by atoms with E-state index in [0.717, 1.165) is 21.5 Å². The predicted molar refractivity (Wildman–Crippen MR) is 122 cm³/mol. The van der Waals surface area contributed by atoms with Crippen molar-refractivity contribution in [2.45, 2.75) is 13.5 Å². The molecule has 0 aliphatic carbocycles. The molecule has 1 amide bonds. The van der Waals surface area contributed by atoms with Crippen molar-refractivity contribution in [3.8, 4) is 0 Å². The van der Waals surface area contributed by atoms with Gasteiger partial charge in [0.25, 0.3) is 11.6 Å². The standard InChI is InChI=1S/C23H18N4O3S/c1-16-5-11-20-21(14-16)31-23(25-20)26(15-18-4-2-3-13-24-18)22(28)12-8-17-6-9-19(10-7-17)27(29)30/h2-14H,15H2,1H3/b12-8+. The Morgan fingerprint density at radius 3 is 2.68 bits per heavy atom. The summed E-state index contributed by atoms with van der Waals surface area (Å²) in [6.07, 6.45) is 4.77. The zero-order valence-corrected chi connectivity index (χ0v) is 17.5. The summed E-state index contributed by atoms with van der Waals surface area (Å²) in [5.74, 6) is -0.250. The van der Waals surface area contributed by atoms with Crippen molar-refractivity contribution in [3.05, 3.63) is 99.9 Å². The van der Waals surface area contributed by atoms with Gasteiger partial charge in [0.15, 0.2) is 5.13 Å². The molecule has 0 radical (unpaired) electrons. The predicted octanol–water partition coefficient (Wildman–Crippen LogP) is 5.15. The fraction of sp³-hybridized carbons (Fsp3) is 0.0870. The number of pyridine rings is 1. The van der Waals surface area contributed by atoms with Gasteiger partial charge in [0.1, 0.15) is 0 Å². The van der Waals surface area contributed by atoms with Gasteiger partial charge in [0.05, 0.1) is 27.4 Å². The van der Waals surface area contributed by atoms with Crippen molar-refractivity contribution in [2.75, 3.05) is 4.90 Å². The minimum atomic E-state index is -0.456. The van der Waals surface area contributed by atoms with Crippen molar-refractivity contribution < 1.29 is 9.72 Å². The number of nitrogens with zero attached hydrogens (tertiary/aromatic N) is 4. The maximum atomic E-state index is 13.1. The lowest BCUT2D eigenvalue weighted by Crippen LogP contribution is -2.29. The van der Waals surface area contributed by atoms with Crippen LogP contribution in [-0.2, 0) is 11.3 Å². The van der Waals surface area contributed by atoms with E-state index in [-0.39, 0.29) is 18.1 Å². The first-order valence-electron chi connectivity index (χ1n) is 9.51. The molecule has 7 nitrogen and oxygen atoms in total. The minimum Gasteiger partial charge on any atom is -0.278 e. The van der Waals surface area contributed by atoms with Crippen molar-refractivity contribution in [3.63, 3.8) is 0 Å². The highest BCUT2D eigenvalue weighted by atomic mass is 32.1. The number of carbonyl (C=O) groups excluding carboxylic acids is 1. The molecule has 31 heavy (non-hydrogen) atoms. The number of anilines is 1. The number of rotatable bonds is 6. The second kappa shape index (κ2) is 8.85. The summed E-state index contributed by atoms with van der Waals surface area (Å²) in [5, 5.41) is 11.4. The molecule has 0 saturated carbocycles. The summed E-state index contributed by atoms with van der Waals surface area (Å²) in [6, 6.07) is 17.6. The molecule has 0 saturated heterocycles. The van der Waals surface area contributed by atoms with E-state index in [9.17, 15) is 14.9 Å². The molecule has 0 fully saturated rings. The average molecular weight is 430 g/mol. The zero-order valence-electron chi connectivity index (χ0n) is 16.6. The van der Waals surface area contributed by atoms with E-state index in [4.69, 9.17) is 0 Å². The summed E-state index contributed by atoms with van der Waals surface area (Å²) in [6.45, 7) is 2.30. The normalized spacial score (nSPS) is 11.1. The molecule has 2 heterocycles. The Hall–Kier alpha value is -3.91. The molecule has 0 aliphatic rings. The van der Waals surface area contributed by atoms with Gasteiger partial charge in [-0.15, -0.1) is 0 Å². The van der Waals surface area contributed by atoms with Crippen LogP contribution in [0.1, 0.15) is 16.8 Å². The molecule has 0 atom stereocenters. The van der Waals surface area contributed by atoms with Crippen molar-refractivity contribution in [1.82, 2.24) is 9.97 Å². The molecule has 0 unspecified atom stereocenters. The maximum Gasteiger partial charge on any atom is 0.269 e. The number of thiazole rings is 1. The highest BCUT2D eigenvalue weighted by Gasteiger charge is 2.19. The number of non-ortho nitro benzene ring substituents is 1. The summed E-state index contributed by atoms with van der Waals surface area (Å²) in [4.78, 5) is 34.0. The Labute approximate surface area is 182 Å². The van der Waals surface area contributed by atoms with Crippen LogP contribution in [0.4, 0.5) is 10.8 Å². The van der Waals surface area contributed by atoms with Crippen LogP contribution in [0.2, 0.25) is 0 Å². The third-order valence-corrected chi connectivity index (χ3v) is 5.64. The largest absolute Gasteiger partial charge is 0.278 e. The number of nitro benzene ring substituents is 1. The summed E-state index contributed by atoms with van der Waals surface area (Å²) in [7, 11) is 0. The highest BCUT2D eigenvalue weighted by Crippen LogP contribution is 2.30. The van der Waals surface area contributed by atoms with E-state index in [0.29, 0.717) is 10.7 Å². The third-order valence-electron chi connectivity index (χ3n) is 4.60. The Morgan fingerprint density at radius 1 is 1.16 bits per heavy atom. The molecule has 0 aliphatic heterocycles. The molecule has 0 N–H and O–H groups in total. The Bertz CT molecular complexity index is 1270. The van der Waals surface area contributed by atoms with Crippen molar-refractivity contribution in [1.29, 1.82) is 0 Å². The van der Waals surface area contributed by atoms with Crippen LogP contribution < -0.4 is 4.90 Å². The van der Waals surface area contributed by atoms with Crippen LogP contribution in [0.5, 0.6) is 0 Å². The van der Waals surface area contributed by atoms with Gasteiger partial charge in [-0.1, -0.05) is 23.5 Å². The lowest BCUT2D eigenvalue weighted by molar-refractivity contribution is -0.384. The smallest absolute Gasteiger partial charge is 0.269 e. The number of amides is 1. The molecular formula is C23H18N4O3S. The van der Waals surface area contributed by atoms with E-state index >= 15 is 0 Å². The number of hydrogen-bond acceptors (Lipinski definition) is 6. The van der Waals surface area contributed by atoms with E-state index in [1.54, 1.807) is 29.3 Å². The molecular weight excluding hydrogens is 412 g/mol. The van der Waals surface area contributed by atoms with Crippen molar-refractivity contribution in [2.24, 2.45) is 0 Å². The Balaban J connectivity index is 1.64. The lowest BCUT2D eigenvalue weighted by atomic mass is 10.2. The number of hydrogen-bond donors (Lipinski definition) is 0. The summed E-state index contributed by atoms with van der Waals surface area (Å²) in [5.41, 5.74) is 3.41. The lowest BCUT2D eigenvalue weighted by Gasteiger charge is -2.17. The SMILES string of the molecule is Cc1ccc2nc(N(Cc3ccccn3)C(=O)/C=C/c3ccc([N+](=O)[O-])cc3)sc2c1. The van der Waals surface area contributed by atoms with Crippen LogP contribution in [-0.4, -0.2) is 20.8 Å². The van der Waals surface area contributed by atoms with E-state index in [2.05, 4.69) is 9.97 Å². The summed E-state index contributed by atoms with van der Waals surface area (Å²) < 4.78 is 1.01. The molecule has 4 aromatic rings. The van der Waals surface area contributed by atoms with Gasteiger partial charge in [-0.3, -0.25) is 24.8 Å².